The Morgan fingerprint density at radius 3 is 2.00 bits per heavy atom. The molecule has 1 saturated heterocycles. The molecule has 0 saturated carbocycles. The van der Waals surface area contributed by atoms with E-state index >= 15 is 0 Å². The van der Waals surface area contributed by atoms with Gasteiger partial charge in [-0.2, -0.15) is 4.21 Å². The van der Waals surface area contributed by atoms with Gasteiger partial charge in [-0.3, -0.25) is 14.1 Å². The van der Waals surface area contributed by atoms with E-state index in [9.17, 15) is 13.8 Å². The lowest BCUT2D eigenvalue weighted by Crippen LogP contribution is -2.31. The van der Waals surface area contributed by atoms with Crippen LogP contribution in [0.2, 0.25) is 0 Å². The van der Waals surface area contributed by atoms with Crippen LogP contribution in [0, 0.1) is 11.8 Å². The molecule has 1 N–H and O–H groups in total. The van der Waals surface area contributed by atoms with Gasteiger partial charge in [0, 0.05) is 11.8 Å². The van der Waals surface area contributed by atoms with Crippen LogP contribution in [0.15, 0.2) is 0 Å². The van der Waals surface area contributed by atoms with Crippen molar-refractivity contribution >= 4 is 23.2 Å². The third kappa shape index (κ3) is 1.77. The van der Waals surface area contributed by atoms with Crippen LogP contribution in [0.25, 0.3) is 0 Å². The predicted octanol–water partition coefficient (Wildman–Crippen LogP) is -0.304. The normalized spacial score (nSPS) is 31.2. The van der Waals surface area contributed by atoms with Gasteiger partial charge in [-0.25, -0.2) is 0 Å². The molecule has 1 aliphatic rings. The number of carbonyl (C=O) groups is 2. The van der Waals surface area contributed by atoms with Gasteiger partial charge in [0.15, 0.2) is 0 Å². The average molecular weight is 207 g/mol. The van der Waals surface area contributed by atoms with Crippen molar-refractivity contribution in [1.82, 2.24) is 5.06 Å². The van der Waals surface area contributed by atoms with Crippen LogP contribution in [0.4, 0.5) is 0 Å². The Kier molecular flexibility index (Phi) is 2.79. The molecular formula is C6H9NO5S. The minimum atomic E-state index is -2.64. The monoisotopic (exact) mass is 207 g/mol. The lowest BCUT2D eigenvalue weighted by molar-refractivity contribution is -0.165. The highest BCUT2D eigenvalue weighted by molar-refractivity contribution is 7.74. The molecule has 1 heterocycles. The van der Waals surface area contributed by atoms with Crippen molar-refractivity contribution in [3.8, 4) is 0 Å². The summed E-state index contributed by atoms with van der Waals surface area (Å²) in [7, 11) is 0. The molecule has 0 aromatic carbocycles. The Bertz CT molecular complexity index is 258. The van der Waals surface area contributed by atoms with Crippen molar-refractivity contribution in [3.63, 3.8) is 0 Å². The maximum atomic E-state index is 11.2. The Morgan fingerprint density at radius 2 is 1.69 bits per heavy atom. The van der Waals surface area contributed by atoms with E-state index in [1.165, 1.54) is 0 Å². The van der Waals surface area contributed by atoms with Gasteiger partial charge in [0.05, 0.1) is 0 Å². The molecule has 1 rings (SSSR count). The highest BCUT2D eigenvalue weighted by atomic mass is 32.2. The zero-order chi connectivity index (χ0) is 10.2. The van der Waals surface area contributed by atoms with Crippen molar-refractivity contribution < 1.29 is 22.6 Å². The van der Waals surface area contributed by atoms with Crippen LogP contribution in [-0.2, 0) is 25.2 Å². The second kappa shape index (κ2) is 3.52. The Morgan fingerprint density at radius 1 is 1.31 bits per heavy atom. The number of hydrogen-bond donors (Lipinski definition) is 1. The first kappa shape index (κ1) is 10.3. The molecule has 0 radical (unpaired) electrons. The predicted molar refractivity (Wildman–Crippen MR) is 42.0 cm³/mol. The van der Waals surface area contributed by atoms with E-state index in [1.807, 2.05) is 0 Å². The highest BCUT2D eigenvalue weighted by Crippen LogP contribution is 2.25. The molecule has 3 unspecified atom stereocenters. The van der Waals surface area contributed by atoms with Gasteiger partial charge in [0.1, 0.15) is 0 Å². The zero-order valence-electron chi connectivity index (χ0n) is 7.09. The first-order valence-electron chi connectivity index (χ1n) is 3.62. The second-order valence-electron chi connectivity index (χ2n) is 2.84. The van der Waals surface area contributed by atoms with E-state index in [-0.39, 0.29) is 0 Å². The van der Waals surface area contributed by atoms with Gasteiger partial charge in [0.25, 0.3) is 11.8 Å². The van der Waals surface area contributed by atoms with Gasteiger partial charge < -0.3 is 0 Å². The lowest BCUT2D eigenvalue weighted by atomic mass is 10.00. The van der Waals surface area contributed by atoms with E-state index in [4.69, 9.17) is 4.55 Å². The summed E-state index contributed by atoms with van der Waals surface area (Å²) in [5.41, 5.74) is 0. The molecule has 13 heavy (non-hydrogen) atoms. The molecule has 0 spiro atoms. The van der Waals surface area contributed by atoms with Crippen molar-refractivity contribution in [2.24, 2.45) is 11.8 Å². The number of imide groups is 1. The molecule has 0 aliphatic carbocycles. The van der Waals surface area contributed by atoms with Crippen LogP contribution in [0.1, 0.15) is 13.8 Å². The smallest absolute Gasteiger partial charge is 0.282 e. The van der Waals surface area contributed by atoms with Gasteiger partial charge in [-0.15, -0.1) is 9.35 Å². The molecule has 7 heteroatoms. The quantitative estimate of drug-likeness (QED) is 0.496. The average Bonchev–Trinajstić information content (AvgIpc) is 2.22. The molecule has 0 aromatic heterocycles. The van der Waals surface area contributed by atoms with Crippen LogP contribution < -0.4 is 0 Å². The standard InChI is InChI=1S/C6H9NO5S/c1-3-4(2)6(9)7(5(3)8)12-13(10)11/h3-4H,1-2H3,(H,10,11). The number of nitrogens with zero attached hydrogens (tertiary/aromatic N) is 1. The number of rotatable bonds is 2. The third-order valence-electron chi connectivity index (χ3n) is 2.07. The van der Waals surface area contributed by atoms with Crippen LogP contribution in [0.5, 0.6) is 0 Å². The first-order valence-corrected chi connectivity index (χ1v) is 4.65. The fourth-order valence-electron chi connectivity index (χ4n) is 1.04. The topological polar surface area (TPSA) is 83.9 Å². The Balaban J connectivity index is 2.81. The van der Waals surface area contributed by atoms with Crippen molar-refractivity contribution in [1.29, 1.82) is 0 Å². The van der Waals surface area contributed by atoms with Crippen LogP contribution in [-0.4, -0.2) is 25.6 Å². The summed E-state index contributed by atoms with van der Waals surface area (Å²) < 4.78 is 22.7. The minimum Gasteiger partial charge on any atom is -0.282 e. The molecule has 74 valence electrons. The zero-order valence-corrected chi connectivity index (χ0v) is 7.91. The summed E-state index contributed by atoms with van der Waals surface area (Å²) in [5.74, 6) is -2.17. The molecule has 1 fully saturated rings. The lowest BCUT2D eigenvalue weighted by Gasteiger charge is -2.08. The maximum Gasteiger partial charge on any atom is 0.325 e. The number of hydrogen-bond acceptors (Lipinski definition) is 4. The number of amides is 2. The summed E-state index contributed by atoms with van der Waals surface area (Å²) in [4.78, 5) is 22.4. The van der Waals surface area contributed by atoms with Crippen LogP contribution in [0.3, 0.4) is 0 Å². The van der Waals surface area contributed by atoms with E-state index < -0.39 is 35.0 Å². The van der Waals surface area contributed by atoms with Crippen molar-refractivity contribution in [3.05, 3.63) is 0 Å². The summed E-state index contributed by atoms with van der Waals surface area (Å²) in [6, 6.07) is 0. The summed E-state index contributed by atoms with van der Waals surface area (Å²) in [5, 5.41) is 0.353. The molecule has 0 bridgehead atoms. The molecule has 6 nitrogen and oxygen atoms in total. The molecular weight excluding hydrogens is 198 g/mol. The fourth-order valence-corrected chi connectivity index (χ4v) is 1.32. The van der Waals surface area contributed by atoms with E-state index in [0.29, 0.717) is 5.06 Å². The van der Waals surface area contributed by atoms with Crippen LogP contribution >= 0.6 is 0 Å². The van der Waals surface area contributed by atoms with Crippen molar-refractivity contribution in [2.75, 3.05) is 0 Å². The molecule has 3 atom stereocenters. The van der Waals surface area contributed by atoms with Gasteiger partial charge in [0.2, 0.25) is 0 Å². The minimum absolute atomic E-state index is 0.353. The molecule has 2 amide bonds. The highest BCUT2D eigenvalue weighted by Gasteiger charge is 2.44. The SMILES string of the molecule is CC1C(=O)N(OS(=O)O)C(=O)C1C. The Hall–Kier alpha value is -0.790. The third-order valence-corrected chi connectivity index (χ3v) is 2.34. The summed E-state index contributed by atoms with van der Waals surface area (Å²) in [6.07, 6.45) is 0. The van der Waals surface area contributed by atoms with Gasteiger partial charge >= 0.3 is 11.4 Å². The summed E-state index contributed by atoms with van der Waals surface area (Å²) in [6.45, 7) is 3.13. The summed E-state index contributed by atoms with van der Waals surface area (Å²) >= 11 is -2.64. The van der Waals surface area contributed by atoms with E-state index in [0.717, 1.165) is 0 Å². The largest absolute Gasteiger partial charge is 0.325 e. The second-order valence-corrected chi connectivity index (χ2v) is 3.42. The fraction of sp³-hybridized carbons (Fsp3) is 0.667. The molecule has 1 aliphatic heterocycles. The van der Waals surface area contributed by atoms with E-state index in [2.05, 4.69) is 4.28 Å². The van der Waals surface area contributed by atoms with Gasteiger partial charge in [-0.1, -0.05) is 13.8 Å². The number of carbonyl (C=O) groups excluding carboxylic acids is 2. The number of hydroxylamine groups is 2. The van der Waals surface area contributed by atoms with Gasteiger partial charge in [-0.05, 0) is 0 Å². The molecule has 0 aromatic rings. The van der Waals surface area contributed by atoms with Crippen molar-refractivity contribution in [2.45, 2.75) is 13.8 Å². The first-order chi connectivity index (χ1) is 5.95. The Labute approximate surface area is 77.3 Å². The maximum absolute atomic E-state index is 11.2. The van der Waals surface area contributed by atoms with E-state index in [1.54, 1.807) is 13.8 Å².